The number of anilines is 4. The van der Waals surface area contributed by atoms with Crippen LogP contribution in [-0.4, -0.2) is 171 Å². The van der Waals surface area contributed by atoms with E-state index in [1.807, 2.05) is 35.6 Å². The number of piperazine rings is 2. The molecule has 0 saturated carbocycles. The van der Waals surface area contributed by atoms with Crippen molar-refractivity contribution in [1.82, 2.24) is 34.6 Å². The molecule has 4 fully saturated rings. The standard InChI is InChI=1S/C61H67F8N11O7S/c1-36-30-80(31-37(2)75(36)3)54-11-8-40(25-51(54)74-58(82)45-28-70-55(81)26-47(45)60(64,65)66)44-23-41(33-77-18-20-87-21-19-77)52(72-57(44)63)35-76-14-16-79(17-15-76)53-10-7-39(24-50(53)73-59(83)46-29-71-56(86-4)27-48(46)61(67,68)69)43-22-38(6-9-49(43)62)32-78-13-12-42(34-78)88(5,84)85/h6-11,22-29,36-37,42H,12-21,30-35H2,1-5H3,(H,70,81)(H,73,83)(H,74,82)/t36-,37+,42?. The number of carbonyl (C=O) groups is 2. The van der Waals surface area contributed by atoms with Crippen LogP contribution in [0.4, 0.5) is 57.9 Å². The number of amides is 2. The first-order valence-corrected chi connectivity index (χ1v) is 30.6. The molecule has 10 rings (SSSR count). The van der Waals surface area contributed by atoms with Crippen LogP contribution in [-0.2, 0) is 46.6 Å². The molecule has 3 atom stereocenters. The second-order valence-corrected chi connectivity index (χ2v) is 25.2. The van der Waals surface area contributed by atoms with E-state index in [9.17, 15) is 49.1 Å². The summed E-state index contributed by atoms with van der Waals surface area (Å²) in [4.78, 5) is 62.9. The zero-order valence-corrected chi connectivity index (χ0v) is 49.8. The number of aromatic nitrogens is 3. The quantitative estimate of drug-likeness (QED) is 0.0617. The van der Waals surface area contributed by atoms with Gasteiger partial charge in [-0.15, -0.1) is 0 Å². The third-order valence-electron chi connectivity index (χ3n) is 16.9. The van der Waals surface area contributed by atoms with Crippen molar-refractivity contribution in [2.24, 2.45) is 0 Å². The molecule has 27 heteroatoms. The van der Waals surface area contributed by atoms with Crippen molar-refractivity contribution >= 4 is 44.4 Å². The second kappa shape index (κ2) is 25.9. The van der Waals surface area contributed by atoms with Gasteiger partial charge in [0, 0.05) is 133 Å². The summed E-state index contributed by atoms with van der Waals surface area (Å²) in [5.74, 6) is -4.13. The fraction of sp³-hybridized carbons (Fsp3) is 0.426. The first-order valence-electron chi connectivity index (χ1n) is 28.7. The summed E-state index contributed by atoms with van der Waals surface area (Å²) in [6.07, 6.45) is -6.89. The van der Waals surface area contributed by atoms with Gasteiger partial charge in [-0.1, -0.05) is 18.2 Å². The van der Waals surface area contributed by atoms with Crippen LogP contribution in [0.3, 0.4) is 0 Å². The zero-order chi connectivity index (χ0) is 63.0. The largest absolute Gasteiger partial charge is 0.481 e. The molecular formula is C61H67F8N11O7S. The summed E-state index contributed by atoms with van der Waals surface area (Å²) in [5, 5.41) is 4.80. The highest BCUT2D eigenvalue weighted by atomic mass is 32.2. The van der Waals surface area contributed by atoms with Gasteiger partial charge in [0.05, 0.1) is 76.3 Å². The van der Waals surface area contributed by atoms with Gasteiger partial charge in [-0.25, -0.2) is 22.8 Å². The molecule has 4 saturated heterocycles. The Hall–Kier alpha value is -7.56. The number of likely N-dealkylation sites (tertiary alicyclic amines) is 1. The number of alkyl halides is 6. The Morgan fingerprint density at radius 2 is 1.31 bits per heavy atom. The normalized spacial score (nSPS) is 19.5. The van der Waals surface area contributed by atoms with E-state index in [1.165, 1.54) is 24.5 Å². The Morgan fingerprint density at radius 3 is 1.92 bits per heavy atom. The predicted octanol–water partition coefficient (Wildman–Crippen LogP) is 8.63. The Bertz CT molecular complexity index is 3750. The molecule has 3 aromatic carbocycles. The minimum Gasteiger partial charge on any atom is -0.481 e. The fourth-order valence-electron chi connectivity index (χ4n) is 11.8. The number of aromatic amines is 1. The number of hydrogen-bond donors (Lipinski definition) is 3. The van der Waals surface area contributed by atoms with Crippen LogP contribution in [0.15, 0.2) is 90.0 Å². The van der Waals surface area contributed by atoms with Gasteiger partial charge in [0.1, 0.15) is 5.82 Å². The van der Waals surface area contributed by atoms with Gasteiger partial charge < -0.3 is 34.9 Å². The molecule has 1 unspecified atom stereocenters. The Labute approximate surface area is 503 Å². The molecule has 3 N–H and O–H groups in total. The summed E-state index contributed by atoms with van der Waals surface area (Å²) >= 11 is 0. The molecule has 6 aromatic rings. The number of likely N-dealkylation sites (N-methyl/N-ethyl adjacent to an activating group) is 1. The Balaban J connectivity index is 0.943. The maximum atomic E-state index is 17.0. The fourth-order valence-corrected chi connectivity index (χ4v) is 12.9. The van der Waals surface area contributed by atoms with E-state index in [-0.39, 0.29) is 52.6 Å². The topological polar surface area (TPSA) is 189 Å². The van der Waals surface area contributed by atoms with Crippen molar-refractivity contribution in [3.05, 3.63) is 146 Å². The van der Waals surface area contributed by atoms with E-state index < -0.39 is 78.8 Å². The molecule has 18 nitrogen and oxygen atoms in total. The van der Waals surface area contributed by atoms with Gasteiger partial charge in [-0.3, -0.25) is 34.0 Å². The van der Waals surface area contributed by atoms with E-state index in [2.05, 4.69) is 40.3 Å². The smallest absolute Gasteiger partial charge is 0.417 e. The lowest BCUT2D eigenvalue weighted by Crippen LogP contribution is -2.55. The van der Waals surface area contributed by atoms with Crippen molar-refractivity contribution in [3.8, 4) is 28.1 Å². The predicted molar refractivity (Wildman–Crippen MR) is 316 cm³/mol. The number of methoxy groups -OCH3 is 1. The Morgan fingerprint density at radius 1 is 0.705 bits per heavy atom. The van der Waals surface area contributed by atoms with Crippen LogP contribution in [0.25, 0.3) is 22.3 Å². The highest BCUT2D eigenvalue weighted by molar-refractivity contribution is 7.91. The molecule has 4 aliphatic rings. The van der Waals surface area contributed by atoms with E-state index in [0.29, 0.717) is 150 Å². The van der Waals surface area contributed by atoms with E-state index in [1.54, 1.807) is 42.5 Å². The average Bonchev–Trinajstić information content (AvgIpc) is 2.72. The van der Waals surface area contributed by atoms with Crippen LogP contribution >= 0.6 is 0 Å². The van der Waals surface area contributed by atoms with Gasteiger partial charge in [0.15, 0.2) is 9.84 Å². The Kier molecular flexibility index (Phi) is 18.7. The molecule has 0 aliphatic carbocycles. The number of nitrogens with one attached hydrogen (secondary N) is 3. The highest BCUT2D eigenvalue weighted by Crippen LogP contribution is 2.40. The van der Waals surface area contributed by atoms with Crippen LogP contribution in [0.2, 0.25) is 0 Å². The van der Waals surface area contributed by atoms with Gasteiger partial charge in [-0.05, 0) is 98.6 Å². The van der Waals surface area contributed by atoms with Crippen LogP contribution in [0.5, 0.6) is 5.88 Å². The summed E-state index contributed by atoms with van der Waals surface area (Å²) in [5.41, 5.74) is -1.78. The number of nitrogens with zero attached hydrogens (tertiary/aromatic N) is 8. The van der Waals surface area contributed by atoms with Crippen molar-refractivity contribution in [3.63, 3.8) is 0 Å². The molecule has 470 valence electrons. The minimum absolute atomic E-state index is 0.0393. The number of halogens is 8. The molecule has 4 aliphatic heterocycles. The highest BCUT2D eigenvalue weighted by Gasteiger charge is 2.39. The van der Waals surface area contributed by atoms with Gasteiger partial charge in [-0.2, -0.15) is 30.7 Å². The summed E-state index contributed by atoms with van der Waals surface area (Å²) < 4.78 is 154. The van der Waals surface area contributed by atoms with Crippen molar-refractivity contribution in [2.75, 3.05) is 120 Å². The number of benzene rings is 3. The van der Waals surface area contributed by atoms with E-state index in [4.69, 9.17) is 9.47 Å². The number of ether oxygens (including phenoxy) is 2. The van der Waals surface area contributed by atoms with Crippen molar-refractivity contribution in [1.29, 1.82) is 0 Å². The zero-order valence-electron chi connectivity index (χ0n) is 49.0. The number of pyridine rings is 3. The lowest BCUT2D eigenvalue weighted by molar-refractivity contribution is -0.138. The first-order chi connectivity index (χ1) is 41.7. The summed E-state index contributed by atoms with van der Waals surface area (Å²) in [7, 11) is -0.153. The van der Waals surface area contributed by atoms with Crippen LogP contribution < -0.4 is 30.7 Å². The van der Waals surface area contributed by atoms with E-state index in [0.717, 1.165) is 13.3 Å². The molecule has 7 heterocycles. The number of carbonyl (C=O) groups excluding carboxylic acids is 2. The molecule has 0 spiro atoms. The molecule has 3 aromatic heterocycles. The van der Waals surface area contributed by atoms with Gasteiger partial charge >= 0.3 is 12.4 Å². The van der Waals surface area contributed by atoms with E-state index >= 15 is 8.78 Å². The summed E-state index contributed by atoms with van der Waals surface area (Å²) in [6, 6.07) is 16.8. The lowest BCUT2D eigenvalue weighted by atomic mass is 10.00. The maximum Gasteiger partial charge on any atom is 0.417 e. The van der Waals surface area contributed by atoms with Crippen molar-refractivity contribution < 1.29 is 62.6 Å². The first kappa shape index (κ1) is 63.5. The molecule has 0 radical (unpaired) electrons. The molecule has 2 amide bonds. The second-order valence-electron chi connectivity index (χ2n) is 22.9. The number of sulfone groups is 1. The monoisotopic (exact) mass is 1250 g/mol. The lowest BCUT2D eigenvalue weighted by Gasteiger charge is -2.44. The maximum absolute atomic E-state index is 17.0. The third kappa shape index (κ3) is 14.4. The number of morpholine rings is 1. The summed E-state index contributed by atoms with van der Waals surface area (Å²) in [6.45, 7) is 10.0. The molecule has 88 heavy (non-hydrogen) atoms. The molecule has 0 bridgehead atoms. The number of rotatable bonds is 16. The van der Waals surface area contributed by atoms with Crippen molar-refractivity contribution in [2.45, 2.75) is 69.6 Å². The average molecular weight is 1250 g/mol. The van der Waals surface area contributed by atoms with Gasteiger partial charge in [0.2, 0.25) is 17.4 Å². The molecular weight excluding hydrogens is 1180 g/mol. The van der Waals surface area contributed by atoms with Gasteiger partial charge in [0.25, 0.3) is 11.8 Å². The minimum atomic E-state index is -5.04. The number of hydrogen-bond acceptors (Lipinski definition) is 15. The SMILES string of the molecule is COc1cc(C(F)(F)F)c(C(=O)Nc2cc(-c3cc(CN4CCC(S(C)(=O)=O)C4)ccc3F)ccc2N2CCN(Cc3nc(F)c(-c4ccc(N5C[C@@H](C)N(C)[C@@H](C)C5)c(NC(=O)c5c[nH]c(=O)cc5C(F)(F)F)c4)cc3CN3CCOCC3)CC2)cn1. The third-order valence-corrected chi connectivity index (χ3v) is 18.5. The van der Waals surface area contributed by atoms with Crippen LogP contribution in [0, 0.1) is 11.8 Å². The number of H-pyrrole nitrogens is 1. The van der Waals surface area contributed by atoms with Crippen LogP contribution in [0.1, 0.15) is 68.9 Å².